The second-order valence-electron chi connectivity index (χ2n) is 6.02. The van der Waals surface area contributed by atoms with Gasteiger partial charge < -0.3 is 5.32 Å². The molecule has 0 bridgehead atoms. The minimum absolute atomic E-state index is 0.104. The van der Waals surface area contributed by atoms with Gasteiger partial charge in [-0.25, -0.2) is 4.39 Å². The van der Waals surface area contributed by atoms with E-state index in [9.17, 15) is 4.39 Å². The van der Waals surface area contributed by atoms with Crippen LogP contribution in [0.2, 0.25) is 0 Å². The fourth-order valence-electron chi connectivity index (χ4n) is 2.66. The molecule has 1 aromatic carbocycles. The average Bonchev–Trinajstić information content (AvgIpc) is 2.77. The number of hydrogen-bond acceptors (Lipinski definition) is 2. The van der Waals surface area contributed by atoms with Gasteiger partial charge in [-0.3, -0.25) is 4.68 Å². The highest BCUT2D eigenvalue weighted by atomic mass is 19.1. The summed E-state index contributed by atoms with van der Waals surface area (Å²) < 4.78 is 15.5. The summed E-state index contributed by atoms with van der Waals surface area (Å²) in [6.45, 7) is 9.43. The minimum Gasteiger partial charge on any atom is -0.308 e. The van der Waals surface area contributed by atoms with Crippen molar-refractivity contribution in [1.82, 2.24) is 15.1 Å². The predicted octanol–water partition coefficient (Wildman–Crippen LogP) is 3.59. The molecule has 0 aliphatic carbocycles. The van der Waals surface area contributed by atoms with E-state index >= 15 is 0 Å². The molecule has 2 rings (SSSR count). The maximum absolute atomic E-state index is 13.6. The number of rotatable bonds is 5. The molecule has 1 aromatic heterocycles. The first kappa shape index (κ1) is 15.7. The number of benzene rings is 1. The molecule has 4 heteroatoms. The van der Waals surface area contributed by atoms with E-state index in [1.54, 1.807) is 0 Å². The molecule has 0 unspecified atom stereocenters. The van der Waals surface area contributed by atoms with Crippen molar-refractivity contribution in [2.75, 3.05) is 0 Å². The number of aromatic nitrogens is 2. The third-order valence-electron chi connectivity index (χ3n) is 3.62. The third-order valence-corrected chi connectivity index (χ3v) is 3.62. The SMILES string of the molecule is Cc1cc(CNCc2cn(C)nc2C(C)C)cc(C)c1F. The summed E-state index contributed by atoms with van der Waals surface area (Å²) in [6.07, 6.45) is 2.06. The van der Waals surface area contributed by atoms with Crippen molar-refractivity contribution in [2.45, 2.75) is 46.7 Å². The summed E-state index contributed by atoms with van der Waals surface area (Å²) in [5, 5.41) is 7.93. The molecule has 21 heavy (non-hydrogen) atoms. The first-order valence-electron chi connectivity index (χ1n) is 7.37. The van der Waals surface area contributed by atoms with Crippen molar-refractivity contribution >= 4 is 0 Å². The maximum atomic E-state index is 13.6. The normalized spacial score (nSPS) is 11.4. The lowest BCUT2D eigenvalue weighted by atomic mass is 10.1. The Kier molecular flexibility index (Phi) is 4.78. The Morgan fingerprint density at radius 3 is 2.38 bits per heavy atom. The van der Waals surface area contributed by atoms with Crippen molar-refractivity contribution in [2.24, 2.45) is 7.05 Å². The van der Waals surface area contributed by atoms with E-state index in [0.717, 1.165) is 24.3 Å². The Bertz CT molecular complexity index is 606. The summed E-state index contributed by atoms with van der Waals surface area (Å²) in [5.41, 5.74) is 4.88. The quantitative estimate of drug-likeness (QED) is 0.911. The van der Waals surface area contributed by atoms with Gasteiger partial charge in [-0.2, -0.15) is 5.10 Å². The Balaban J connectivity index is 2.02. The van der Waals surface area contributed by atoms with E-state index in [0.29, 0.717) is 17.0 Å². The van der Waals surface area contributed by atoms with E-state index in [1.807, 2.05) is 37.7 Å². The van der Waals surface area contributed by atoms with Crippen LogP contribution in [0.3, 0.4) is 0 Å². The van der Waals surface area contributed by atoms with Gasteiger partial charge >= 0.3 is 0 Å². The second kappa shape index (κ2) is 6.39. The van der Waals surface area contributed by atoms with Crippen molar-refractivity contribution in [1.29, 1.82) is 0 Å². The van der Waals surface area contributed by atoms with Crippen molar-refractivity contribution in [3.63, 3.8) is 0 Å². The zero-order valence-corrected chi connectivity index (χ0v) is 13.5. The summed E-state index contributed by atoms with van der Waals surface area (Å²) in [4.78, 5) is 0. The van der Waals surface area contributed by atoms with Crippen LogP contribution in [0.4, 0.5) is 4.39 Å². The van der Waals surface area contributed by atoms with Crippen molar-refractivity contribution < 1.29 is 4.39 Å². The van der Waals surface area contributed by atoms with Crippen LogP contribution in [-0.2, 0) is 20.1 Å². The number of nitrogens with one attached hydrogen (secondary N) is 1. The Morgan fingerprint density at radius 1 is 1.19 bits per heavy atom. The smallest absolute Gasteiger partial charge is 0.129 e. The lowest BCUT2D eigenvalue weighted by molar-refractivity contribution is 0.606. The van der Waals surface area contributed by atoms with Crippen molar-refractivity contribution in [3.8, 4) is 0 Å². The van der Waals surface area contributed by atoms with E-state index < -0.39 is 0 Å². The number of hydrogen-bond donors (Lipinski definition) is 1. The molecule has 1 heterocycles. The summed E-state index contributed by atoms with van der Waals surface area (Å²) in [6, 6.07) is 3.81. The van der Waals surface area contributed by atoms with Gasteiger partial charge in [0.25, 0.3) is 0 Å². The summed E-state index contributed by atoms with van der Waals surface area (Å²) in [5.74, 6) is 0.311. The maximum Gasteiger partial charge on any atom is 0.129 e. The highest BCUT2D eigenvalue weighted by Gasteiger charge is 2.11. The van der Waals surface area contributed by atoms with E-state index in [1.165, 1.54) is 5.56 Å². The van der Waals surface area contributed by atoms with Crippen LogP contribution in [-0.4, -0.2) is 9.78 Å². The molecule has 3 nitrogen and oxygen atoms in total. The Hall–Kier alpha value is -1.68. The zero-order valence-electron chi connectivity index (χ0n) is 13.5. The molecule has 0 aliphatic rings. The zero-order chi connectivity index (χ0) is 15.6. The second-order valence-corrected chi connectivity index (χ2v) is 6.02. The number of aryl methyl sites for hydroxylation is 3. The molecule has 0 saturated heterocycles. The standard InChI is InChI=1S/C17H24FN3/c1-11(2)17-15(10-21(5)20-17)9-19-8-14-6-12(3)16(18)13(4)7-14/h6-7,10-11,19H,8-9H2,1-5H3. The molecule has 0 amide bonds. The molecule has 0 radical (unpaired) electrons. The Morgan fingerprint density at radius 2 is 1.81 bits per heavy atom. The molecular weight excluding hydrogens is 265 g/mol. The fourth-order valence-corrected chi connectivity index (χ4v) is 2.66. The van der Waals surface area contributed by atoms with Crippen LogP contribution in [0.15, 0.2) is 18.3 Å². The predicted molar refractivity (Wildman–Crippen MR) is 83.7 cm³/mol. The molecule has 1 N–H and O–H groups in total. The molecule has 114 valence electrons. The van der Waals surface area contributed by atoms with Gasteiger partial charge in [0.15, 0.2) is 0 Å². The average molecular weight is 289 g/mol. The van der Waals surface area contributed by atoms with Gasteiger partial charge in [0.2, 0.25) is 0 Å². The van der Waals surface area contributed by atoms with Crippen LogP contribution in [0.1, 0.15) is 47.7 Å². The third kappa shape index (κ3) is 3.70. The lowest BCUT2D eigenvalue weighted by Crippen LogP contribution is -2.14. The summed E-state index contributed by atoms with van der Waals surface area (Å²) in [7, 11) is 1.95. The van der Waals surface area contributed by atoms with Gasteiger partial charge in [0.05, 0.1) is 5.69 Å². The highest BCUT2D eigenvalue weighted by Crippen LogP contribution is 2.18. The van der Waals surface area contributed by atoms with E-state index in [2.05, 4.69) is 30.5 Å². The summed E-state index contributed by atoms with van der Waals surface area (Å²) >= 11 is 0. The van der Waals surface area contributed by atoms with E-state index in [4.69, 9.17) is 0 Å². The Labute approximate surface area is 126 Å². The first-order valence-corrected chi connectivity index (χ1v) is 7.37. The van der Waals surface area contributed by atoms with Gasteiger partial charge in [-0.1, -0.05) is 26.0 Å². The molecule has 0 aliphatic heterocycles. The van der Waals surface area contributed by atoms with Gasteiger partial charge in [0.1, 0.15) is 5.82 Å². The largest absolute Gasteiger partial charge is 0.308 e. The highest BCUT2D eigenvalue weighted by molar-refractivity contribution is 5.30. The van der Waals surface area contributed by atoms with Crippen LogP contribution in [0.5, 0.6) is 0 Å². The molecule has 2 aromatic rings. The number of nitrogens with zero attached hydrogens (tertiary/aromatic N) is 2. The minimum atomic E-state index is -0.104. The van der Waals surface area contributed by atoms with Crippen LogP contribution < -0.4 is 5.32 Å². The first-order chi connectivity index (χ1) is 9.88. The molecule has 0 saturated carbocycles. The van der Waals surface area contributed by atoms with Crippen molar-refractivity contribution in [3.05, 3.63) is 52.1 Å². The van der Waals surface area contributed by atoms with Gasteiger partial charge in [-0.15, -0.1) is 0 Å². The lowest BCUT2D eigenvalue weighted by Gasteiger charge is -2.09. The van der Waals surface area contributed by atoms with Gasteiger partial charge in [-0.05, 0) is 36.5 Å². The van der Waals surface area contributed by atoms with Crippen LogP contribution in [0.25, 0.3) is 0 Å². The van der Waals surface area contributed by atoms with Crippen LogP contribution in [0, 0.1) is 19.7 Å². The fraction of sp³-hybridized carbons (Fsp3) is 0.471. The molecule has 0 spiro atoms. The topological polar surface area (TPSA) is 29.9 Å². The molecule has 0 atom stereocenters. The van der Waals surface area contributed by atoms with Gasteiger partial charge in [0, 0.05) is 31.9 Å². The van der Waals surface area contributed by atoms with Crippen LogP contribution >= 0.6 is 0 Å². The molecular formula is C17H24FN3. The number of halogens is 1. The van der Waals surface area contributed by atoms with E-state index in [-0.39, 0.29) is 5.82 Å². The molecule has 0 fully saturated rings. The monoisotopic (exact) mass is 289 g/mol.